The van der Waals surface area contributed by atoms with Crippen molar-refractivity contribution in [3.63, 3.8) is 0 Å². The van der Waals surface area contributed by atoms with E-state index in [1.807, 2.05) is 19.2 Å². The number of likely N-dealkylation sites (N-methyl/N-ethyl adjacent to an activating group) is 2. The van der Waals surface area contributed by atoms with Gasteiger partial charge in [0.15, 0.2) is 0 Å². The lowest BCUT2D eigenvalue weighted by molar-refractivity contribution is 0.282. The molecule has 1 aromatic carbocycles. The molecule has 3 heteroatoms. The van der Waals surface area contributed by atoms with Crippen LogP contribution in [0.5, 0.6) is 0 Å². The van der Waals surface area contributed by atoms with Crippen molar-refractivity contribution >= 4 is 11.6 Å². The van der Waals surface area contributed by atoms with Crippen molar-refractivity contribution in [2.24, 2.45) is 0 Å². The van der Waals surface area contributed by atoms with Gasteiger partial charge in [-0.25, -0.2) is 0 Å². The zero-order valence-corrected chi connectivity index (χ0v) is 11.6. The summed E-state index contributed by atoms with van der Waals surface area (Å²) in [7, 11) is 4.05. The van der Waals surface area contributed by atoms with Crippen LogP contribution >= 0.6 is 11.6 Å². The molecule has 17 heavy (non-hydrogen) atoms. The highest BCUT2D eigenvalue weighted by Gasteiger charge is 2.11. The van der Waals surface area contributed by atoms with Crippen molar-refractivity contribution in [3.05, 3.63) is 47.0 Å². The summed E-state index contributed by atoms with van der Waals surface area (Å²) >= 11 is 5.89. The monoisotopic (exact) mass is 252 g/mol. The molecule has 1 unspecified atom stereocenters. The predicted molar refractivity (Wildman–Crippen MR) is 75.6 cm³/mol. The largest absolute Gasteiger partial charge is 0.316 e. The van der Waals surface area contributed by atoms with E-state index in [4.69, 9.17) is 11.6 Å². The van der Waals surface area contributed by atoms with Crippen molar-refractivity contribution < 1.29 is 0 Å². The maximum atomic E-state index is 5.89. The van der Waals surface area contributed by atoms with Crippen LogP contribution in [0.2, 0.25) is 5.02 Å². The van der Waals surface area contributed by atoms with Crippen LogP contribution < -0.4 is 5.32 Å². The summed E-state index contributed by atoms with van der Waals surface area (Å²) in [5.74, 6) is 0. The van der Waals surface area contributed by atoms with E-state index in [0.29, 0.717) is 6.04 Å². The van der Waals surface area contributed by atoms with E-state index < -0.39 is 0 Å². The molecule has 0 aliphatic rings. The van der Waals surface area contributed by atoms with Crippen molar-refractivity contribution in [1.82, 2.24) is 10.2 Å². The van der Waals surface area contributed by atoms with Crippen molar-refractivity contribution in [3.8, 4) is 0 Å². The summed E-state index contributed by atoms with van der Waals surface area (Å²) in [5, 5.41) is 3.90. The van der Waals surface area contributed by atoms with E-state index in [9.17, 15) is 0 Å². The smallest absolute Gasteiger partial charge is 0.0406 e. The molecule has 1 N–H and O–H groups in total. The molecule has 0 saturated heterocycles. The Morgan fingerprint density at radius 1 is 1.41 bits per heavy atom. The fourth-order valence-corrected chi connectivity index (χ4v) is 1.92. The number of nitrogens with zero attached hydrogens (tertiary/aromatic N) is 1. The Morgan fingerprint density at radius 3 is 2.53 bits per heavy atom. The number of nitrogens with one attached hydrogen (secondary N) is 1. The number of hydrogen-bond acceptors (Lipinski definition) is 2. The number of rotatable bonds is 6. The first-order valence-electron chi connectivity index (χ1n) is 5.81. The minimum Gasteiger partial charge on any atom is -0.316 e. The third-order valence-corrected chi connectivity index (χ3v) is 3.17. The van der Waals surface area contributed by atoms with Gasteiger partial charge in [0.25, 0.3) is 0 Å². The minimum absolute atomic E-state index is 0.362. The molecule has 94 valence electrons. The van der Waals surface area contributed by atoms with Gasteiger partial charge in [0.05, 0.1) is 0 Å². The van der Waals surface area contributed by atoms with Crippen LogP contribution in [0.15, 0.2) is 36.4 Å². The van der Waals surface area contributed by atoms with Gasteiger partial charge >= 0.3 is 0 Å². The lowest BCUT2D eigenvalue weighted by atomic mass is 10.1. The number of halogens is 1. The highest BCUT2D eigenvalue weighted by molar-refractivity contribution is 6.30. The molecule has 0 aromatic heterocycles. The molecule has 1 rings (SSSR count). The SMILES string of the molecule is C=C(CNC)CN(C)C(C)c1ccc(Cl)cc1. The second-order valence-corrected chi connectivity index (χ2v) is 4.86. The van der Waals surface area contributed by atoms with Crippen LogP contribution in [-0.4, -0.2) is 32.1 Å². The van der Waals surface area contributed by atoms with E-state index in [0.717, 1.165) is 18.1 Å². The van der Waals surface area contributed by atoms with E-state index in [-0.39, 0.29) is 0 Å². The third kappa shape index (κ3) is 4.50. The quantitative estimate of drug-likeness (QED) is 0.783. The fraction of sp³-hybridized carbons (Fsp3) is 0.429. The molecule has 0 fully saturated rings. The predicted octanol–water partition coefficient (Wildman–Crippen LogP) is 3.11. The summed E-state index contributed by atoms with van der Waals surface area (Å²) in [6.07, 6.45) is 0. The Balaban J connectivity index is 2.60. The lowest BCUT2D eigenvalue weighted by Gasteiger charge is -2.26. The lowest BCUT2D eigenvalue weighted by Crippen LogP contribution is -2.27. The summed E-state index contributed by atoms with van der Waals surface area (Å²) < 4.78 is 0. The summed E-state index contributed by atoms with van der Waals surface area (Å²) in [6, 6.07) is 8.38. The zero-order chi connectivity index (χ0) is 12.8. The Morgan fingerprint density at radius 2 is 2.00 bits per heavy atom. The third-order valence-electron chi connectivity index (χ3n) is 2.91. The Hall–Kier alpha value is -0.830. The first-order chi connectivity index (χ1) is 8.04. The van der Waals surface area contributed by atoms with E-state index >= 15 is 0 Å². The van der Waals surface area contributed by atoms with E-state index in [2.05, 4.69) is 42.9 Å². The van der Waals surface area contributed by atoms with Gasteiger partial charge in [-0.05, 0) is 44.3 Å². The van der Waals surface area contributed by atoms with Gasteiger partial charge in [0, 0.05) is 24.2 Å². The van der Waals surface area contributed by atoms with Gasteiger partial charge in [0.1, 0.15) is 0 Å². The average molecular weight is 253 g/mol. The van der Waals surface area contributed by atoms with Crippen molar-refractivity contribution in [1.29, 1.82) is 0 Å². The van der Waals surface area contributed by atoms with Gasteiger partial charge in [-0.3, -0.25) is 4.90 Å². The zero-order valence-electron chi connectivity index (χ0n) is 10.8. The number of hydrogen-bond donors (Lipinski definition) is 1. The molecule has 0 aliphatic heterocycles. The maximum absolute atomic E-state index is 5.89. The highest BCUT2D eigenvalue weighted by Crippen LogP contribution is 2.21. The fourth-order valence-electron chi connectivity index (χ4n) is 1.79. The van der Waals surface area contributed by atoms with Gasteiger partial charge in [-0.15, -0.1) is 0 Å². The van der Waals surface area contributed by atoms with Gasteiger partial charge in [-0.1, -0.05) is 30.3 Å². The number of benzene rings is 1. The molecule has 1 aromatic rings. The van der Waals surface area contributed by atoms with Crippen LogP contribution in [-0.2, 0) is 0 Å². The highest BCUT2D eigenvalue weighted by atomic mass is 35.5. The molecule has 0 amide bonds. The second-order valence-electron chi connectivity index (χ2n) is 4.42. The van der Waals surface area contributed by atoms with Crippen molar-refractivity contribution in [2.45, 2.75) is 13.0 Å². The van der Waals surface area contributed by atoms with E-state index in [1.54, 1.807) is 0 Å². The Labute approximate surface area is 109 Å². The first-order valence-corrected chi connectivity index (χ1v) is 6.19. The van der Waals surface area contributed by atoms with Gasteiger partial charge < -0.3 is 5.32 Å². The molecule has 0 radical (unpaired) electrons. The molecule has 0 aliphatic carbocycles. The topological polar surface area (TPSA) is 15.3 Å². The molecule has 0 heterocycles. The van der Waals surface area contributed by atoms with Gasteiger partial charge in [-0.2, -0.15) is 0 Å². The van der Waals surface area contributed by atoms with Gasteiger partial charge in [0.2, 0.25) is 0 Å². The Bertz CT molecular complexity index is 359. The Kier molecular flexibility index (Phi) is 5.69. The summed E-state index contributed by atoms with van der Waals surface area (Å²) in [5.41, 5.74) is 2.46. The van der Waals surface area contributed by atoms with Crippen LogP contribution in [0.25, 0.3) is 0 Å². The van der Waals surface area contributed by atoms with Crippen LogP contribution in [0, 0.1) is 0 Å². The maximum Gasteiger partial charge on any atom is 0.0406 e. The van der Waals surface area contributed by atoms with Crippen LogP contribution in [0.4, 0.5) is 0 Å². The average Bonchev–Trinajstić information content (AvgIpc) is 2.29. The minimum atomic E-state index is 0.362. The summed E-state index contributed by atoms with van der Waals surface area (Å²) in [6.45, 7) is 7.99. The molecule has 0 spiro atoms. The normalized spacial score (nSPS) is 12.8. The molecular weight excluding hydrogens is 232 g/mol. The van der Waals surface area contributed by atoms with Crippen molar-refractivity contribution in [2.75, 3.05) is 27.2 Å². The summed E-state index contributed by atoms with van der Waals surface area (Å²) in [4.78, 5) is 2.28. The molecule has 0 bridgehead atoms. The molecule has 0 saturated carbocycles. The standard InChI is InChI=1S/C14H21ClN2/c1-11(9-16-3)10-17(4)12(2)13-5-7-14(15)8-6-13/h5-8,12,16H,1,9-10H2,2-4H3. The molecular formula is C14H21ClN2. The van der Waals surface area contributed by atoms with Crippen LogP contribution in [0.1, 0.15) is 18.5 Å². The second kappa shape index (κ2) is 6.80. The van der Waals surface area contributed by atoms with E-state index in [1.165, 1.54) is 11.1 Å². The first kappa shape index (κ1) is 14.2. The molecule has 1 atom stereocenters. The van der Waals surface area contributed by atoms with Crippen LogP contribution in [0.3, 0.4) is 0 Å². The molecule has 2 nitrogen and oxygen atoms in total.